The highest BCUT2D eigenvalue weighted by molar-refractivity contribution is 5.86. The van der Waals surface area contributed by atoms with E-state index in [1.165, 1.54) is 18.3 Å². The van der Waals surface area contributed by atoms with Gasteiger partial charge < -0.3 is 14.9 Å². The van der Waals surface area contributed by atoms with E-state index in [9.17, 15) is 22.8 Å². The molecule has 3 fully saturated rings. The molecule has 1 aromatic carbocycles. The molecule has 1 amide bonds. The van der Waals surface area contributed by atoms with Crippen molar-refractivity contribution in [3.8, 4) is 0 Å². The van der Waals surface area contributed by atoms with Crippen molar-refractivity contribution in [3.05, 3.63) is 47.3 Å². The van der Waals surface area contributed by atoms with Gasteiger partial charge in [-0.05, 0) is 48.4 Å². The summed E-state index contributed by atoms with van der Waals surface area (Å²) in [6.45, 7) is 3.97. The molecule has 0 radical (unpaired) electrons. The molecule has 34 heavy (non-hydrogen) atoms. The van der Waals surface area contributed by atoms with Gasteiger partial charge in [0.25, 0.3) is 0 Å². The van der Waals surface area contributed by atoms with Gasteiger partial charge in [-0.3, -0.25) is 4.90 Å². The molecule has 0 aliphatic carbocycles. The highest BCUT2D eigenvalue weighted by Gasteiger charge is 2.43. The second-order valence-corrected chi connectivity index (χ2v) is 9.39. The summed E-state index contributed by atoms with van der Waals surface area (Å²) in [5.41, 5.74) is 0.139. The van der Waals surface area contributed by atoms with Crippen LogP contribution in [0.4, 0.5) is 23.7 Å². The van der Waals surface area contributed by atoms with Crippen LogP contribution in [-0.2, 0) is 12.7 Å². The first-order valence-corrected chi connectivity index (χ1v) is 11.4. The van der Waals surface area contributed by atoms with Gasteiger partial charge in [0.15, 0.2) is 5.69 Å². The monoisotopic (exact) mass is 477 g/mol. The molecule has 0 spiro atoms. The number of hydrogen-bond acceptors (Lipinski definition) is 5. The number of halogens is 3. The van der Waals surface area contributed by atoms with Crippen molar-refractivity contribution in [3.63, 3.8) is 0 Å². The van der Waals surface area contributed by atoms with Crippen LogP contribution in [0, 0.1) is 11.8 Å². The first kappa shape index (κ1) is 22.7. The van der Waals surface area contributed by atoms with Gasteiger partial charge in [-0.25, -0.2) is 9.59 Å². The molecule has 8 nitrogen and oxygen atoms in total. The van der Waals surface area contributed by atoms with Crippen LogP contribution < -0.4 is 4.90 Å². The summed E-state index contributed by atoms with van der Waals surface area (Å²) in [7, 11) is 0. The van der Waals surface area contributed by atoms with Crippen molar-refractivity contribution < 1.29 is 27.9 Å². The number of amides is 1. The molecule has 2 unspecified atom stereocenters. The fourth-order valence-corrected chi connectivity index (χ4v) is 5.44. The van der Waals surface area contributed by atoms with Crippen LogP contribution >= 0.6 is 0 Å². The summed E-state index contributed by atoms with van der Waals surface area (Å²) < 4.78 is 42.6. The van der Waals surface area contributed by atoms with E-state index in [1.807, 2.05) is 9.80 Å². The number of anilines is 1. The van der Waals surface area contributed by atoms with Gasteiger partial charge in [0.2, 0.25) is 0 Å². The zero-order chi connectivity index (χ0) is 24.0. The maximum Gasteiger partial charge on any atom is 0.416 e. The molecule has 3 saturated heterocycles. The van der Waals surface area contributed by atoms with Crippen LogP contribution in [0.1, 0.15) is 34.5 Å². The number of carbonyl (C=O) groups excluding carboxylic acids is 1. The molecule has 2 aromatic rings. The second-order valence-electron chi connectivity index (χ2n) is 9.39. The van der Waals surface area contributed by atoms with E-state index in [4.69, 9.17) is 5.11 Å². The molecule has 0 bridgehead atoms. The number of alkyl halides is 3. The Morgan fingerprint density at radius 3 is 2.29 bits per heavy atom. The molecular weight excluding hydrogens is 451 g/mol. The zero-order valence-corrected chi connectivity index (χ0v) is 18.5. The number of aromatic nitrogens is 2. The Morgan fingerprint density at radius 2 is 1.71 bits per heavy atom. The van der Waals surface area contributed by atoms with E-state index in [0.717, 1.165) is 30.6 Å². The van der Waals surface area contributed by atoms with Gasteiger partial charge >= 0.3 is 18.2 Å². The van der Waals surface area contributed by atoms with Crippen LogP contribution in [0.3, 0.4) is 0 Å². The maximum atomic E-state index is 13.8. The molecule has 1 N–H and O–H groups in total. The van der Waals surface area contributed by atoms with Crippen molar-refractivity contribution in [1.82, 2.24) is 19.6 Å². The molecule has 182 valence electrons. The molecule has 2 atom stereocenters. The number of nitrogens with zero attached hydrogens (tertiary/aromatic N) is 5. The van der Waals surface area contributed by atoms with Gasteiger partial charge in [0.05, 0.1) is 5.56 Å². The number of benzene rings is 1. The van der Waals surface area contributed by atoms with Crippen LogP contribution in [0.15, 0.2) is 30.5 Å². The van der Waals surface area contributed by atoms with E-state index in [0.29, 0.717) is 31.9 Å². The number of carboxylic acids is 1. The smallest absolute Gasteiger partial charge is 0.416 e. The Hall–Kier alpha value is -3.08. The van der Waals surface area contributed by atoms with Crippen molar-refractivity contribution in [2.45, 2.75) is 25.6 Å². The van der Waals surface area contributed by atoms with Gasteiger partial charge in [-0.1, -0.05) is 6.07 Å². The minimum absolute atomic E-state index is 0.164. The second kappa shape index (κ2) is 8.61. The third-order valence-corrected chi connectivity index (χ3v) is 7.10. The molecule has 5 rings (SSSR count). The maximum absolute atomic E-state index is 13.8. The standard InChI is InChI=1S/C23H26F3N5O3/c24-23(25,26)19-9-18(29-6-1-2-7-29)4-3-15(19)10-28-11-16-13-30(14-17(16)12-28)22(34)31-8-5-20(27-31)21(32)33/h3-5,8-9,16-17H,1-2,6-7,10-14H2,(H,32,33). The Morgan fingerprint density at radius 1 is 1.03 bits per heavy atom. The number of likely N-dealkylation sites (tertiary alicyclic amines) is 2. The van der Waals surface area contributed by atoms with Crippen molar-refractivity contribution in [2.24, 2.45) is 11.8 Å². The predicted molar refractivity (Wildman–Crippen MR) is 117 cm³/mol. The molecule has 1 aromatic heterocycles. The number of carboxylic acid groups (broad SMARTS) is 1. The average molecular weight is 477 g/mol. The fourth-order valence-electron chi connectivity index (χ4n) is 5.44. The van der Waals surface area contributed by atoms with Gasteiger partial charge in [-0.2, -0.15) is 23.0 Å². The Bertz CT molecular complexity index is 1080. The lowest BCUT2D eigenvalue weighted by atomic mass is 10.0. The molecule has 11 heteroatoms. The molecule has 4 heterocycles. The topological polar surface area (TPSA) is 81.9 Å². The van der Waals surface area contributed by atoms with Crippen LogP contribution in [-0.4, -0.2) is 76.0 Å². The quantitative estimate of drug-likeness (QED) is 0.728. The van der Waals surface area contributed by atoms with Crippen molar-refractivity contribution in [2.75, 3.05) is 44.2 Å². The highest BCUT2D eigenvalue weighted by Crippen LogP contribution is 2.38. The Balaban J connectivity index is 1.24. The Labute approximate surface area is 194 Å². The van der Waals surface area contributed by atoms with E-state index >= 15 is 0 Å². The highest BCUT2D eigenvalue weighted by atomic mass is 19.4. The van der Waals surface area contributed by atoms with Crippen molar-refractivity contribution >= 4 is 17.7 Å². The van der Waals surface area contributed by atoms with E-state index in [-0.39, 0.29) is 35.7 Å². The number of rotatable bonds is 4. The number of aromatic carboxylic acids is 1. The van der Waals surface area contributed by atoms with Gasteiger partial charge in [-0.15, -0.1) is 0 Å². The van der Waals surface area contributed by atoms with Crippen LogP contribution in [0.2, 0.25) is 0 Å². The first-order chi connectivity index (χ1) is 16.2. The van der Waals surface area contributed by atoms with Crippen LogP contribution in [0.25, 0.3) is 0 Å². The summed E-state index contributed by atoms with van der Waals surface area (Å²) in [5.74, 6) is -0.875. The summed E-state index contributed by atoms with van der Waals surface area (Å²) in [6.07, 6.45) is -1.08. The number of fused-ring (bicyclic) bond motifs is 1. The minimum atomic E-state index is -4.41. The lowest BCUT2D eigenvalue weighted by molar-refractivity contribution is -0.138. The summed E-state index contributed by atoms with van der Waals surface area (Å²) in [4.78, 5) is 29.3. The molecule has 3 aliphatic rings. The summed E-state index contributed by atoms with van der Waals surface area (Å²) >= 11 is 0. The third-order valence-electron chi connectivity index (χ3n) is 7.10. The van der Waals surface area contributed by atoms with Crippen LogP contribution in [0.5, 0.6) is 0 Å². The zero-order valence-electron chi connectivity index (χ0n) is 18.5. The third kappa shape index (κ3) is 4.36. The SMILES string of the molecule is O=C(O)c1ccn(C(=O)N2CC3CN(Cc4ccc(N5CCCC5)cc4C(F)(F)F)CC3C2)n1. The van der Waals surface area contributed by atoms with Gasteiger partial charge in [0.1, 0.15) is 0 Å². The van der Waals surface area contributed by atoms with Gasteiger partial charge in [0, 0.05) is 57.7 Å². The predicted octanol–water partition coefficient (Wildman–Crippen LogP) is 3.23. The Kier molecular flexibility index (Phi) is 5.75. The summed E-state index contributed by atoms with van der Waals surface area (Å²) in [5, 5.41) is 12.8. The largest absolute Gasteiger partial charge is 0.476 e. The number of carbonyl (C=O) groups is 2. The molecular formula is C23H26F3N5O3. The normalized spacial score (nSPS) is 23.0. The fraction of sp³-hybridized carbons (Fsp3) is 0.522. The average Bonchev–Trinajstić information content (AvgIpc) is 3.56. The van der Waals surface area contributed by atoms with E-state index < -0.39 is 17.7 Å². The van der Waals surface area contributed by atoms with E-state index in [2.05, 4.69) is 5.10 Å². The van der Waals surface area contributed by atoms with E-state index in [1.54, 1.807) is 17.0 Å². The van der Waals surface area contributed by atoms with Crippen molar-refractivity contribution in [1.29, 1.82) is 0 Å². The molecule has 3 aliphatic heterocycles. The molecule has 0 saturated carbocycles. The first-order valence-electron chi connectivity index (χ1n) is 11.4. The lowest BCUT2D eigenvalue weighted by Crippen LogP contribution is -2.36. The number of hydrogen-bond donors (Lipinski definition) is 1. The lowest BCUT2D eigenvalue weighted by Gasteiger charge is -2.24. The summed E-state index contributed by atoms with van der Waals surface area (Å²) in [6, 6.07) is 5.57. The minimum Gasteiger partial charge on any atom is -0.476 e.